The van der Waals surface area contributed by atoms with Crippen LogP contribution < -0.4 is 10.1 Å². The second-order valence-corrected chi connectivity index (χ2v) is 5.78. The van der Waals surface area contributed by atoms with Gasteiger partial charge in [0.1, 0.15) is 0 Å². The maximum absolute atomic E-state index is 6.05. The summed E-state index contributed by atoms with van der Waals surface area (Å²) in [5.41, 5.74) is 2.69. The van der Waals surface area contributed by atoms with Gasteiger partial charge in [-0.3, -0.25) is 4.98 Å². The van der Waals surface area contributed by atoms with Crippen LogP contribution in [0.25, 0.3) is 0 Å². The highest BCUT2D eigenvalue weighted by atomic mass is 79.9. The first kappa shape index (κ1) is 13.6. The Labute approximate surface area is 123 Å². The number of nitrogens with one attached hydrogen (secondary N) is 1. The van der Waals surface area contributed by atoms with Gasteiger partial charge in [0.05, 0.1) is 28.8 Å². The fourth-order valence-corrected chi connectivity index (χ4v) is 2.95. The van der Waals surface area contributed by atoms with E-state index in [1.54, 1.807) is 11.3 Å². The van der Waals surface area contributed by atoms with Crippen LogP contribution in [0.4, 0.5) is 5.69 Å². The molecule has 0 spiro atoms. The zero-order chi connectivity index (χ0) is 13.0. The summed E-state index contributed by atoms with van der Waals surface area (Å²) >= 11 is 11.1. The van der Waals surface area contributed by atoms with Gasteiger partial charge in [0.2, 0.25) is 0 Å². The van der Waals surface area contributed by atoms with Gasteiger partial charge >= 0.3 is 0 Å². The van der Waals surface area contributed by atoms with Crippen LogP contribution in [0.15, 0.2) is 28.3 Å². The third-order valence-corrected chi connectivity index (χ3v) is 3.82. The monoisotopic (exact) mass is 346 g/mol. The van der Waals surface area contributed by atoms with Crippen LogP contribution in [0.5, 0.6) is 5.75 Å². The molecule has 0 fully saturated rings. The second-order valence-electron chi connectivity index (χ2n) is 3.52. The van der Waals surface area contributed by atoms with E-state index in [4.69, 9.17) is 16.3 Å². The lowest BCUT2D eigenvalue weighted by Crippen LogP contribution is -2.02. The van der Waals surface area contributed by atoms with Gasteiger partial charge in [0, 0.05) is 16.1 Å². The van der Waals surface area contributed by atoms with Crippen LogP contribution in [-0.2, 0) is 6.54 Å². The molecule has 3 nitrogen and oxygen atoms in total. The van der Waals surface area contributed by atoms with Crippen molar-refractivity contribution in [2.24, 2.45) is 0 Å². The largest absolute Gasteiger partial charge is 0.491 e. The smallest absolute Gasteiger partial charge is 0.156 e. The molecule has 0 saturated heterocycles. The zero-order valence-corrected chi connectivity index (χ0v) is 12.9. The maximum atomic E-state index is 6.05. The summed E-state index contributed by atoms with van der Waals surface area (Å²) in [7, 11) is 0. The minimum atomic E-state index is 0.607. The van der Waals surface area contributed by atoms with E-state index in [0.717, 1.165) is 20.8 Å². The molecule has 0 aliphatic rings. The number of halogens is 2. The quantitative estimate of drug-likeness (QED) is 0.860. The molecule has 2 rings (SSSR count). The Bertz CT molecular complexity index is 519. The number of aromatic nitrogens is 1. The van der Waals surface area contributed by atoms with Gasteiger partial charge in [-0.15, -0.1) is 11.3 Å². The van der Waals surface area contributed by atoms with E-state index in [9.17, 15) is 0 Å². The third kappa shape index (κ3) is 3.37. The van der Waals surface area contributed by atoms with Crippen molar-refractivity contribution in [3.05, 3.63) is 38.2 Å². The van der Waals surface area contributed by atoms with Crippen molar-refractivity contribution in [2.45, 2.75) is 13.5 Å². The summed E-state index contributed by atoms with van der Waals surface area (Å²) < 4.78 is 6.46. The molecule has 0 aliphatic carbocycles. The molecule has 2 aromatic rings. The molecule has 1 N–H and O–H groups in total. The molecule has 0 amide bonds. The van der Waals surface area contributed by atoms with Gasteiger partial charge in [0.25, 0.3) is 0 Å². The fraction of sp³-hybridized carbons (Fsp3) is 0.250. The Balaban J connectivity index is 2.19. The Kier molecular flexibility index (Phi) is 4.86. The topological polar surface area (TPSA) is 34.1 Å². The maximum Gasteiger partial charge on any atom is 0.156 e. The van der Waals surface area contributed by atoms with Crippen molar-refractivity contribution >= 4 is 44.6 Å². The zero-order valence-electron chi connectivity index (χ0n) is 9.74. The van der Waals surface area contributed by atoms with E-state index in [1.165, 1.54) is 0 Å². The number of hydrogen-bond donors (Lipinski definition) is 1. The molecule has 1 aromatic carbocycles. The van der Waals surface area contributed by atoms with Crippen LogP contribution >= 0.6 is 38.9 Å². The van der Waals surface area contributed by atoms with E-state index < -0.39 is 0 Å². The van der Waals surface area contributed by atoms with Crippen LogP contribution in [0, 0.1) is 0 Å². The summed E-state index contributed by atoms with van der Waals surface area (Å²) in [5.74, 6) is 0.784. The average Bonchev–Trinajstić information content (AvgIpc) is 2.83. The Hall–Kier alpha value is -0.780. The highest BCUT2D eigenvalue weighted by Gasteiger charge is 2.10. The summed E-state index contributed by atoms with van der Waals surface area (Å²) in [4.78, 5) is 5.20. The predicted octanol–water partition coefficient (Wildman–Crippen LogP) is 4.57. The lowest BCUT2D eigenvalue weighted by Gasteiger charge is -2.14. The lowest BCUT2D eigenvalue weighted by molar-refractivity contribution is 0.339. The highest BCUT2D eigenvalue weighted by molar-refractivity contribution is 9.10. The minimum Gasteiger partial charge on any atom is -0.491 e. The van der Waals surface area contributed by atoms with E-state index in [0.29, 0.717) is 18.2 Å². The van der Waals surface area contributed by atoms with Gasteiger partial charge in [-0.1, -0.05) is 11.6 Å². The molecule has 1 aromatic heterocycles. The Morgan fingerprint density at radius 3 is 3.00 bits per heavy atom. The number of ether oxygens (including phenoxy) is 1. The van der Waals surface area contributed by atoms with E-state index in [-0.39, 0.29) is 0 Å². The molecule has 18 heavy (non-hydrogen) atoms. The van der Waals surface area contributed by atoms with Crippen molar-refractivity contribution in [3.8, 4) is 5.75 Å². The normalized spacial score (nSPS) is 10.4. The lowest BCUT2D eigenvalue weighted by atomic mass is 10.3. The fourth-order valence-electron chi connectivity index (χ4n) is 1.49. The first-order valence-electron chi connectivity index (χ1n) is 5.43. The minimum absolute atomic E-state index is 0.607. The second kappa shape index (κ2) is 6.41. The molecule has 0 aliphatic heterocycles. The summed E-state index contributed by atoms with van der Waals surface area (Å²) in [6, 6.07) is 3.68. The molecular weight excluding hydrogens is 336 g/mol. The number of rotatable bonds is 5. The predicted molar refractivity (Wildman–Crippen MR) is 79.8 cm³/mol. The number of nitrogens with zero attached hydrogens (tertiary/aromatic N) is 1. The Morgan fingerprint density at radius 1 is 1.50 bits per heavy atom. The molecule has 0 saturated carbocycles. The van der Waals surface area contributed by atoms with Gasteiger partial charge in [-0.2, -0.15) is 0 Å². The molecule has 0 atom stereocenters. The van der Waals surface area contributed by atoms with Crippen LogP contribution in [0.1, 0.15) is 11.8 Å². The SMILES string of the molecule is CCOc1c(Br)cc(Cl)cc1NCc1cncs1. The van der Waals surface area contributed by atoms with Gasteiger partial charge in [-0.25, -0.2) is 0 Å². The number of thiazole rings is 1. The average molecular weight is 348 g/mol. The summed E-state index contributed by atoms with van der Waals surface area (Å²) in [6.07, 6.45) is 1.84. The molecule has 1 heterocycles. The molecule has 6 heteroatoms. The summed E-state index contributed by atoms with van der Waals surface area (Å²) in [6.45, 7) is 3.26. The van der Waals surface area contributed by atoms with Crippen LogP contribution in [0.2, 0.25) is 5.02 Å². The van der Waals surface area contributed by atoms with Crippen molar-refractivity contribution in [1.82, 2.24) is 4.98 Å². The number of benzene rings is 1. The third-order valence-electron chi connectivity index (χ3n) is 2.23. The van der Waals surface area contributed by atoms with Crippen molar-refractivity contribution in [1.29, 1.82) is 0 Å². The van der Waals surface area contributed by atoms with Crippen molar-refractivity contribution in [3.63, 3.8) is 0 Å². The standard InChI is InChI=1S/C12H12BrClN2OS/c1-2-17-12-10(13)3-8(14)4-11(12)16-6-9-5-15-7-18-9/h3-5,7,16H,2,6H2,1H3. The van der Waals surface area contributed by atoms with E-state index >= 15 is 0 Å². The number of anilines is 1. The highest BCUT2D eigenvalue weighted by Crippen LogP contribution is 2.36. The first-order valence-corrected chi connectivity index (χ1v) is 7.49. The van der Waals surface area contributed by atoms with Crippen molar-refractivity contribution in [2.75, 3.05) is 11.9 Å². The summed E-state index contributed by atoms with van der Waals surface area (Å²) in [5, 5.41) is 3.98. The van der Waals surface area contributed by atoms with E-state index in [2.05, 4.69) is 26.2 Å². The first-order chi connectivity index (χ1) is 8.70. The molecule has 96 valence electrons. The van der Waals surface area contributed by atoms with Gasteiger partial charge in [0.15, 0.2) is 5.75 Å². The van der Waals surface area contributed by atoms with Gasteiger partial charge in [-0.05, 0) is 35.0 Å². The van der Waals surface area contributed by atoms with Crippen LogP contribution in [-0.4, -0.2) is 11.6 Å². The van der Waals surface area contributed by atoms with Gasteiger partial charge < -0.3 is 10.1 Å². The molecule has 0 bridgehead atoms. The van der Waals surface area contributed by atoms with E-state index in [1.807, 2.05) is 30.8 Å². The van der Waals surface area contributed by atoms with Crippen LogP contribution in [0.3, 0.4) is 0 Å². The molecule has 0 radical (unpaired) electrons. The number of hydrogen-bond acceptors (Lipinski definition) is 4. The Morgan fingerprint density at radius 2 is 2.33 bits per heavy atom. The molecule has 0 unspecified atom stereocenters. The van der Waals surface area contributed by atoms with Crippen molar-refractivity contribution < 1.29 is 4.74 Å². The molecular formula is C12H12BrClN2OS.